The molecule has 228 valence electrons. The molecule has 0 atom stereocenters. The van der Waals surface area contributed by atoms with E-state index in [2.05, 4.69) is 65.6 Å². The first-order valence-electron chi connectivity index (χ1n) is 15.8. The van der Waals surface area contributed by atoms with Crippen LogP contribution in [0.1, 0.15) is 70.3 Å². The first-order valence-corrected chi connectivity index (χ1v) is 15.8. The minimum absolute atomic E-state index is 0.471. The largest absolute Gasteiger partial charge is 0.514 e. The van der Waals surface area contributed by atoms with Gasteiger partial charge in [-0.15, -0.1) is 0 Å². The molecule has 1 aliphatic rings. The summed E-state index contributed by atoms with van der Waals surface area (Å²) in [6.07, 6.45) is 9.39. The van der Waals surface area contributed by atoms with Crippen LogP contribution in [0.3, 0.4) is 0 Å². The normalized spacial score (nSPS) is 13.7. The molecule has 0 aliphatic heterocycles. The minimum Gasteiger partial charge on any atom is -0.428 e. The summed E-state index contributed by atoms with van der Waals surface area (Å²) >= 11 is 0. The number of carbonyl (C=O) groups excluding carboxylic acids is 1. The highest BCUT2D eigenvalue weighted by atomic mass is 16.7. The molecule has 1 saturated carbocycles. The maximum absolute atomic E-state index is 12.4. The van der Waals surface area contributed by atoms with Crippen LogP contribution in [0.25, 0.3) is 33.4 Å². The van der Waals surface area contributed by atoms with Crippen molar-refractivity contribution in [2.75, 3.05) is 0 Å². The number of ether oxygens (including phenoxy) is 2. The molecule has 1 aliphatic carbocycles. The van der Waals surface area contributed by atoms with Crippen molar-refractivity contribution in [3.8, 4) is 28.1 Å². The van der Waals surface area contributed by atoms with Gasteiger partial charge in [0.05, 0.1) is 23.1 Å². The molecular weight excluding hydrogens is 548 g/mol. The average molecular weight is 591 g/mol. The fourth-order valence-electron chi connectivity index (χ4n) is 5.89. The van der Waals surface area contributed by atoms with Gasteiger partial charge in [-0.1, -0.05) is 55.8 Å². The van der Waals surface area contributed by atoms with Gasteiger partial charge in [0.25, 0.3) is 0 Å². The monoisotopic (exact) mass is 590 g/mol. The van der Waals surface area contributed by atoms with Crippen LogP contribution in [0, 0.1) is 12.8 Å². The van der Waals surface area contributed by atoms with Crippen LogP contribution < -0.4 is 4.74 Å². The maximum atomic E-state index is 12.4. The molecule has 0 amide bonds. The van der Waals surface area contributed by atoms with Crippen molar-refractivity contribution in [2.45, 2.75) is 85.4 Å². The van der Waals surface area contributed by atoms with E-state index in [9.17, 15) is 4.79 Å². The lowest BCUT2D eigenvalue weighted by Crippen LogP contribution is -2.26. The number of nitrogens with zero attached hydrogens (tertiary/aromatic N) is 4. The molecule has 0 radical (unpaired) electrons. The highest BCUT2D eigenvalue weighted by Gasteiger charge is 2.21. The molecule has 0 unspecified atom stereocenters. The van der Waals surface area contributed by atoms with Gasteiger partial charge in [0, 0.05) is 36.8 Å². The quantitative estimate of drug-likeness (QED) is 0.127. The van der Waals surface area contributed by atoms with Crippen molar-refractivity contribution >= 4 is 17.2 Å². The Balaban J connectivity index is 1.27. The number of rotatable bonds is 9. The van der Waals surface area contributed by atoms with Crippen LogP contribution in [-0.2, 0) is 24.2 Å². The van der Waals surface area contributed by atoms with Crippen molar-refractivity contribution in [1.82, 2.24) is 19.1 Å². The topological polar surface area (TPSA) is 71.2 Å². The Morgan fingerprint density at radius 2 is 1.80 bits per heavy atom. The highest BCUT2D eigenvalue weighted by molar-refractivity contribution is 5.85. The minimum atomic E-state index is -0.711. The zero-order valence-electron chi connectivity index (χ0n) is 26.5. The van der Waals surface area contributed by atoms with Gasteiger partial charge in [0.1, 0.15) is 17.2 Å². The number of aryl methyl sites for hydroxylation is 2. The first kappa shape index (κ1) is 29.7. The number of hydrogen-bond acceptors (Lipinski definition) is 5. The molecule has 0 N–H and O–H groups in total. The van der Waals surface area contributed by atoms with E-state index in [1.807, 2.05) is 45.3 Å². The molecule has 2 aromatic heterocycles. The van der Waals surface area contributed by atoms with E-state index in [0.717, 1.165) is 64.5 Å². The number of hydrogen-bond donors (Lipinski definition) is 0. The standard InChI is InChI=1S/C37H42N4O3/c1-6-10-34-39-35-25(2)19-29(31-23-40(24-38-31)21-26-11-9-12-26)20-32(35)41(34)22-27-15-17-28(18-16-27)30-13-7-8-14-33(30)43-36(42)44-37(3,4)5/h7-8,13-20,23-24,26H,6,9-12,21-22H2,1-5H3. The number of carbonyl (C=O) groups is 1. The SMILES string of the molecule is CCCc1nc2c(C)cc(-c3cn(CC4CCC4)cn3)cc2n1Cc1ccc(-c2ccccc2OC(=O)OC(C)(C)C)cc1. The van der Waals surface area contributed by atoms with E-state index < -0.39 is 11.8 Å². The van der Waals surface area contributed by atoms with E-state index in [1.54, 1.807) is 6.07 Å². The fourth-order valence-corrected chi connectivity index (χ4v) is 5.89. The van der Waals surface area contributed by atoms with Gasteiger partial charge in [-0.25, -0.2) is 14.8 Å². The van der Waals surface area contributed by atoms with Gasteiger partial charge in [-0.2, -0.15) is 0 Å². The van der Waals surface area contributed by atoms with Gasteiger partial charge in [-0.3, -0.25) is 0 Å². The van der Waals surface area contributed by atoms with E-state index in [4.69, 9.17) is 19.4 Å². The second kappa shape index (κ2) is 12.3. The van der Waals surface area contributed by atoms with Crippen molar-refractivity contribution in [2.24, 2.45) is 5.92 Å². The number of aromatic nitrogens is 4. The van der Waals surface area contributed by atoms with E-state index >= 15 is 0 Å². The molecule has 1 fully saturated rings. The number of fused-ring (bicyclic) bond motifs is 1. The van der Waals surface area contributed by atoms with Crippen molar-refractivity contribution in [3.63, 3.8) is 0 Å². The lowest BCUT2D eigenvalue weighted by molar-refractivity contribution is 0.0207. The third-order valence-corrected chi connectivity index (χ3v) is 8.30. The maximum Gasteiger partial charge on any atom is 0.514 e. The Morgan fingerprint density at radius 3 is 2.50 bits per heavy atom. The lowest BCUT2D eigenvalue weighted by Gasteiger charge is -2.25. The van der Waals surface area contributed by atoms with Gasteiger partial charge in [-0.05, 0) is 87.8 Å². The zero-order valence-corrected chi connectivity index (χ0v) is 26.5. The third kappa shape index (κ3) is 6.57. The Labute approximate surface area is 259 Å². The zero-order chi connectivity index (χ0) is 30.8. The Kier molecular flexibility index (Phi) is 8.30. The summed E-state index contributed by atoms with van der Waals surface area (Å²) in [5.74, 6) is 2.36. The van der Waals surface area contributed by atoms with E-state index in [1.165, 1.54) is 30.4 Å². The summed E-state index contributed by atoms with van der Waals surface area (Å²) < 4.78 is 15.6. The van der Waals surface area contributed by atoms with Gasteiger partial charge in [0.2, 0.25) is 0 Å². The number of imidazole rings is 2. The van der Waals surface area contributed by atoms with Crippen LogP contribution in [0.4, 0.5) is 4.79 Å². The average Bonchev–Trinajstić information content (AvgIpc) is 3.56. The second-order valence-corrected chi connectivity index (χ2v) is 13.0. The van der Waals surface area contributed by atoms with Crippen molar-refractivity contribution < 1.29 is 14.3 Å². The Bertz CT molecular complexity index is 1770. The predicted molar refractivity (Wildman–Crippen MR) is 175 cm³/mol. The van der Waals surface area contributed by atoms with Gasteiger partial charge in [0.15, 0.2) is 0 Å². The Hall–Kier alpha value is -4.39. The predicted octanol–water partition coefficient (Wildman–Crippen LogP) is 8.99. The first-order chi connectivity index (χ1) is 21.2. The molecule has 44 heavy (non-hydrogen) atoms. The smallest absolute Gasteiger partial charge is 0.428 e. The molecule has 2 heterocycles. The molecule has 0 spiro atoms. The number of benzene rings is 3. The van der Waals surface area contributed by atoms with Crippen LogP contribution in [0.2, 0.25) is 0 Å². The molecule has 0 bridgehead atoms. The van der Waals surface area contributed by atoms with Gasteiger partial charge < -0.3 is 18.6 Å². The molecule has 3 aromatic carbocycles. The molecular formula is C37H42N4O3. The number of para-hydroxylation sites is 1. The molecule has 0 saturated heterocycles. The summed E-state index contributed by atoms with van der Waals surface area (Å²) in [6, 6.07) is 20.4. The third-order valence-electron chi connectivity index (χ3n) is 8.30. The summed E-state index contributed by atoms with van der Waals surface area (Å²) in [7, 11) is 0. The second-order valence-electron chi connectivity index (χ2n) is 13.0. The Morgan fingerprint density at radius 1 is 1.02 bits per heavy atom. The van der Waals surface area contributed by atoms with E-state index in [-0.39, 0.29) is 0 Å². The molecule has 5 aromatic rings. The van der Waals surface area contributed by atoms with E-state index in [0.29, 0.717) is 12.3 Å². The lowest BCUT2D eigenvalue weighted by atomic mass is 9.85. The summed E-state index contributed by atoms with van der Waals surface area (Å²) in [5, 5.41) is 0. The highest BCUT2D eigenvalue weighted by Crippen LogP contribution is 2.33. The van der Waals surface area contributed by atoms with Crippen LogP contribution in [0.5, 0.6) is 5.75 Å². The summed E-state index contributed by atoms with van der Waals surface area (Å²) in [6.45, 7) is 11.6. The molecule has 7 nitrogen and oxygen atoms in total. The van der Waals surface area contributed by atoms with Gasteiger partial charge >= 0.3 is 6.16 Å². The van der Waals surface area contributed by atoms with Crippen LogP contribution >= 0.6 is 0 Å². The van der Waals surface area contributed by atoms with Crippen LogP contribution in [0.15, 0.2) is 73.2 Å². The fraction of sp³-hybridized carbons (Fsp3) is 0.378. The molecule has 6 rings (SSSR count). The molecule has 7 heteroatoms. The summed E-state index contributed by atoms with van der Waals surface area (Å²) in [5.41, 5.74) is 7.84. The van der Waals surface area contributed by atoms with Crippen molar-refractivity contribution in [1.29, 1.82) is 0 Å². The van der Waals surface area contributed by atoms with Crippen LogP contribution in [-0.4, -0.2) is 30.9 Å². The summed E-state index contributed by atoms with van der Waals surface area (Å²) in [4.78, 5) is 22.3. The van der Waals surface area contributed by atoms with Crippen molar-refractivity contribution in [3.05, 3.63) is 90.1 Å².